The second kappa shape index (κ2) is 9.87. The van der Waals surface area contributed by atoms with Gasteiger partial charge in [0, 0.05) is 23.7 Å². The lowest BCUT2D eigenvalue weighted by Gasteiger charge is -2.14. The number of nitrogens with two attached hydrogens (primary N) is 1. The highest BCUT2D eigenvalue weighted by molar-refractivity contribution is 5.69. The first-order chi connectivity index (χ1) is 15.2. The van der Waals surface area contributed by atoms with Gasteiger partial charge in [0.2, 0.25) is 11.8 Å². The summed E-state index contributed by atoms with van der Waals surface area (Å²) in [5.74, 6) is 0.474. The van der Waals surface area contributed by atoms with Crippen molar-refractivity contribution in [1.29, 1.82) is 0 Å². The number of nitrogens with zero attached hydrogens (tertiary/aromatic N) is 1. The predicted octanol–water partition coefficient (Wildman–Crippen LogP) is 5.50. The quantitative estimate of drug-likeness (QED) is 0.413. The molecule has 2 N–H and O–H groups in total. The highest BCUT2D eigenvalue weighted by Crippen LogP contribution is 2.32. The van der Waals surface area contributed by atoms with Crippen LogP contribution in [0.2, 0.25) is 0 Å². The van der Waals surface area contributed by atoms with Gasteiger partial charge in [-0.2, -0.15) is 4.98 Å². The van der Waals surface area contributed by atoms with E-state index < -0.39 is 0 Å². The van der Waals surface area contributed by atoms with Crippen molar-refractivity contribution in [3.8, 4) is 22.9 Å². The average Bonchev–Trinajstić information content (AvgIpc) is 2.83. The van der Waals surface area contributed by atoms with Crippen LogP contribution in [0.25, 0.3) is 11.1 Å². The Morgan fingerprint density at radius 2 is 1.39 bits per heavy atom. The molecule has 0 amide bonds. The third-order valence-electron chi connectivity index (χ3n) is 4.87. The molecule has 0 aliphatic rings. The van der Waals surface area contributed by atoms with Gasteiger partial charge in [0.1, 0.15) is 19.0 Å². The molecule has 0 aliphatic heterocycles. The minimum Gasteiger partial charge on any atom is -0.473 e. The second-order valence-corrected chi connectivity index (χ2v) is 7.06. The van der Waals surface area contributed by atoms with Gasteiger partial charge >= 0.3 is 0 Å². The van der Waals surface area contributed by atoms with E-state index >= 15 is 0 Å². The molecule has 1 heterocycles. The first-order valence-corrected chi connectivity index (χ1v) is 10.1. The van der Waals surface area contributed by atoms with E-state index in [0.717, 1.165) is 11.1 Å². The minimum absolute atomic E-state index is 0.147. The van der Waals surface area contributed by atoms with Crippen LogP contribution in [0.15, 0.2) is 91.0 Å². The van der Waals surface area contributed by atoms with Gasteiger partial charge in [0.25, 0.3) is 0 Å². The molecule has 4 nitrogen and oxygen atoms in total. The van der Waals surface area contributed by atoms with Crippen LogP contribution in [-0.2, 0) is 19.8 Å². The average molecular weight is 414 g/mol. The van der Waals surface area contributed by atoms with Gasteiger partial charge in [-0.3, -0.25) is 0 Å². The van der Waals surface area contributed by atoms with E-state index in [-0.39, 0.29) is 12.4 Å². The molecule has 31 heavy (non-hydrogen) atoms. The number of halogens is 1. The van der Waals surface area contributed by atoms with Crippen molar-refractivity contribution in [1.82, 2.24) is 4.98 Å². The Labute approximate surface area is 181 Å². The van der Waals surface area contributed by atoms with E-state index in [1.54, 1.807) is 12.1 Å². The molecule has 0 atom stereocenters. The van der Waals surface area contributed by atoms with Crippen LogP contribution in [-0.4, -0.2) is 4.98 Å². The van der Waals surface area contributed by atoms with E-state index in [2.05, 4.69) is 4.98 Å². The lowest BCUT2D eigenvalue weighted by Crippen LogP contribution is -2.03. The zero-order chi connectivity index (χ0) is 21.5. The van der Waals surface area contributed by atoms with Crippen LogP contribution in [0.4, 0.5) is 4.39 Å². The standard InChI is InChI=1S/C26H23FN2O2/c27-24-15-21(11-12-22(24)16-28)23-13-14-25(30-17-19-7-3-1-4-8-19)29-26(23)31-18-20-9-5-2-6-10-20/h1-15H,16-18,28H2. The molecule has 4 aromatic rings. The van der Waals surface area contributed by atoms with E-state index in [4.69, 9.17) is 15.2 Å². The Hall–Kier alpha value is -3.70. The fourth-order valence-electron chi connectivity index (χ4n) is 3.17. The summed E-state index contributed by atoms with van der Waals surface area (Å²) < 4.78 is 26.2. The van der Waals surface area contributed by atoms with E-state index in [0.29, 0.717) is 41.7 Å². The molecule has 0 spiro atoms. The SMILES string of the molecule is NCc1ccc(-c2ccc(OCc3ccccc3)nc2OCc2ccccc2)cc1F. The van der Waals surface area contributed by atoms with Crippen LogP contribution in [0.3, 0.4) is 0 Å². The molecule has 0 radical (unpaired) electrons. The van der Waals surface area contributed by atoms with Crippen molar-refractivity contribution in [2.45, 2.75) is 19.8 Å². The maximum atomic E-state index is 14.3. The molecule has 0 fully saturated rings. The smallest absolute Gasteiger partial charge is 0.225 e. The molecule has 0 unspecified atom stereocenters. The van der Waals surface area contributed by atoms with Crippen molar-refractivity contribution >= 4 is 0 Å². The van der Waals surface area contributed by atoms with Crippen molar-refractivity contribution in [2.75, 3.05) is 0 Å². The predicted molar refractivity (Wildman–Crippen MR) is 119 cm³/mol. The number of pyridine rings is 1. The van der Waals surface area contributed by atoms with Gasteiger partial charge < -0.3 is 15.2 Å². The van der Waals surface area contributed by atoms with Crippen molar-refractivity contribution in [3.63, 3.8) is 0 Å². The lowest BCUT2D eigenvalue weighted by atomic mass is 10.0. The zero-order valence-electron chi connectivity index (χ0n) is 17.0. The zero-order valence-corrected chi connectivity index (χ0v) is 17.0. The summed E-state index contributed by atoms with van der Waals surface area (Å²) in [6.45, 7) is 0.880. The molecular weight excluding hydrogens is 391 g/mol. The maximum Gasteiger partial charge on any atom is 0.225 e. The monoisotopic (exact) mass is 414 g/mol. The van der Waals surface area contributed by atoms with E-state index in [9.17, 15) is 4.39 Å². The summed E-state index contributed by atoms with van der Waals surface area (Å²) in [6, 6.07) is 28.2. The molecular formula is C26H23FN2O2. The third kappa shape index (κ3) is 5.27. The van der Waals surface area contributed by atoms with Crippen LogP contribution < -0.4 is 15.2 Å². The summed E-state index contributed by atoms with van der Waals surface area (Å²) in [6.07, 6.45) is 0. The van der Waals surface area contributed by atoms with Gasteiger partial charge in [-0.15, -0.1) is 0 Å². The summed E-state index contributed by atoms with van der Waals surface area (Å²) in [7, 11) is 0. The largest absolute Gasteiger partial charge is 0.473 e. The van der Waals surface area contributed by atoms with Gasteiger partial charge in [0.15, 0.2) is 0 Å². The maximum absolute atomic E-state index is 14.3. The van der Waals surface area contributed by atoms with Crippen LogP contribution in [0.5, 0.6) is 11.8 Å². The minimum atomic E-state index is -0.349. The lowest BCUT2D eigenvalue weighted by molar-refractivity contribution is 0.268. The molecule has 5 heteroatoms. The molecule has 0 bridgehead atoms. The fourth-order valence-corrected chi connectivity index (χ4v) is 3.17. The number of ether oxygens (including phenoxy) is 2. The van der Waals surface area contributed by atoms with Crippen molar-refractivity contribution < 1.29 is 13.9 Å². The molecule has 0 aliphatic carbocycles. The van der Waals surface area contributed by atoms with Gasteiger partial charge in [-0.1, -0.05) is 72.8 Å². The van der Waals surface area contributed by atoms with Crippen LogP contribution >= 0.6 is 0 Å². The summed E-state index contributed by atoms with van der Waals surface area (Å²) in [5.41, 5.74) is 9.46. The van der Waals surface area contributed by atoms with Crippen molar-refractivity contribution in [3.05, 3.63) is 114 Å². The summed E-state index contributed by atoms with van der Waals surface area (Å²) >= 11 is 0. The normalized spacial score (nSPS) is 10.6. The van der Waals surface area contributed by atoms with Crippen LogP contribution in [0.1, 0.15) is 16.7 Å². The van der Waals surface area contributed by atoms with Gasteiger partial charge in [0.05, 0.1) is 0 Å². The number of hydrogen-bond acceptors (Lipinski definition) is 4. The molecule has 4 rings (SSSR count). The Kier molecular flexibility index (Phi) is 6.55. The molecule has 0 saturated heterocycles. The van der Waals surface area contributed by atoms with Gasteiger partial charge in [-0.05, 0) is 28.8 Å². The summed E-state index contributed by atoms with van der Waals surface area (Å²) in [4.78, 5) is 4.56. The number of aromatic nitrogens is 1. The third-order valence-corrected chi connectivity index (χ3v) is 4.87. The Balaban J connectivity index is 1.61. The highest BCUT2D eigenvalue weighted by atomic mass is 19.1. The Bertz CT molecular complexity index is 1130. The van der Waals surface area contributed by atoms with E-state index in [1.165, 1.54) is 6.07 Å². The first kappa shape index (κ1) is 20.6. The van der Waals surface area contributed by atoms with Gasteiger partial charge in [-0.25, -0.2) is 4.39 Å². The molecule has 3 aromatic carbocycles. The molecule has 1 aromatic heterocycles. The molecule has 156 valence electrons. The Morgan fingerprint density at radius 3 is 2.00 bits per heavy atom. The van der Waals surface area contributed by atoms with E-state index in [1.807, 2.05) is 72.8 Å². The highest BCUT2D eigenvalue weighted by Gasteiger charge is 2.13. The summed E-state index contributed by atoms with van der Waals surface area (Å²) in [5, 5.41) is 0. The number of rotatable bonds is 8. The second-order valence-electron chi connectivity index (χ2n) is 7.06. The molecule has 0 saturated carbocycles. The first-order valence-electron chi connectivity index (χ1n) is 10.1. The van der Waals surface area contributed by atoms with Crippen molar-refractivity contribution in [2.24, 2.45) is 5.73 Å². The fraction of sp³-hybridized carbons (Fsp3) is 0.115. The topological polar surface area (TPSA) is 57.4 Å². The van der Waals surface area contributed by atoms with Crippen LogP contribution in [0, 0.1) is 5.82 Å². The number of hydrogen-bond donors (Lipinski definition) is 1. The number of benzene rings is 3. The Morgan fingerprint density at radius 1 is 0.742 bits per heavy atom.